The number of halogens is 2. The van der Waals surface area contributed by atoms with E-state index in [0.717, 1.165) is 14.3 Å². The molecule has 2 aromatic carbocycles. The Morgan fingerprint density at radius 1 is 1.06 bits per heavy atom. The Kier molecular flexibility index (Phi) is 3.51. The minimum atomic E-state index is -0.274. The van der Waals surface area contributed by atoms with Crippen LogP contribution in [-0.2, 0) is 0 Å². The molecule has 0 heterocycles. The van der Waals surface area contributed by atoms with Gasteiger partial charge in [-0.05, 0) is 46.3 Å². The Bertz CT molecular complexity index is 516. The number of hydrogen-bond acceptors (Lipinski definition) is 2. The van der Waals surface area contributed by atoms with Gasteiger partial charge in [0.1, 0.15) is 5.82 Å². The van der Waals surface area contributed by atoms with Crippen molar-refractivity contribution in [3.63, 3.8) is 0 Å². The predicted octanol–water partition coefficient (Wildman–Crippen LogP) is 4.32. The summed E-state index contributed by atoms with van der Waals surface area (Å²) in [7, 11) is 0. The van der Waals surface area contributed by atoms with Crippen molar-refractivity contribution in [1.29, 1.82) is 0 Å². The van der Waals surface area contributed by atoms with E-state index in [2.05, 4.69) is 15.9 Å². The lowest BCUT2D eigenvalue weighted by Gasteiger charge is -2.06. The molecule has 0 aliphatic heterocycles. The van der Waals surface area contributed by atoms with Crippen LogP contribution in [0.3, 0.4) is 0 Å². The number of nitrogens with two attached hydrogens (primary N) is 1. The summed E-state index contributed by atoms with van der Waals surface area (Å²) in [5.41, 5.74) is 6.37. The van der Waals surface area contributed by atoms with Gasteiger partial charge in [-0.15, -0.1) is 0 Å². The molecule has 0 atom stereocenters. The Labute approximate surface area is 106 Å². The maximum absolute atomic E-state index is 13.1. The SMILES string of the molecule is Nc1ccc(F)cc1Sc1ccccc1Br. The fourth-order valence-electron chi connectivity index (χ4n) is 1.24. The Hall–Kier alpha value is -1.00. The Morgan fingerprint density at radius 3 is 2.56 bits per heavy atom. The van der Waals surface area contributed by atoms with Gasteiger partial charge in [0, 0.05) is 20.0 Å². The lowest BCUT2D eigenvalue weighted by Crippen LogP contribution is -1.89. The van der Waals surface area contributed by atoms with Crippen molar-refractivity contribution in [2.75, 3.05) is 5.73 Å². The first kappa shape index (κ1) is 11.5. The fraction of sp³-hybridized carbons (Fsp3) is 0. The zero-order valence-electron chi connectivity index (χ0n) is 8.28. The van der Waals surface area contributed by atoms with Gasteiger partial charge in [0.25, 0.3) is 0 Å². The van der Waals surface area contributed by atoms with Crippen LogP contribution in [0.2, 0.25) is 0 Å². The molecule has 0 amide bonds. The molecule has 0 aliphatic rings. The Morgan fingerprint density at radius 2 is 1.81 bits per heavy atom. The molecule has 1 nitrogen and oxygen atoms in total. The zero-order valence-corrected chi connectivity index (χ0v) is 10.7. The average Bonchev–Trinajstić information content (AvgIpc) is 2.27. The summed E-state index contributed by atoms with van der Waals surface area (Å²) in [5.74, 6) is -0.274. The van der Waals surface area contributed by atoms with E-state index in [-0.39, 0.29) is 5.82 Å². The largest absolute Gasteiger partial charge is 0.398 e. The average molecular weight is 298 g/mol. The van der Waals surface area contributed by atoms with Crippen LogP contribution in [0, 0.1) is 5.82 Å². The van der Waals surface area contributed by atoms with Gasteiger partial charge in [0.15, 0.2) is 0 Å². The highest BCUT2D eigenvalue weighted by Crippen LogP contribution is 2.36. The van der Waals surface area contributed by atoms with Gasteiger partial charge in [-0.25, -0.2) is 4.39 Å². The molecule has 16 heavy (non-hydrogen) atoms. The van der Waals surface area contributed by atoms with Crippen molar-refractivity contribution < 1.29 is 4.39 Å². The van der Waals surface area contributed by atoms with Gasteiger partial charge in [-0.3, -0.25) is 0 Å². The first-order chi connectivity index (χ1) is 7.66. The van der Waals surface area contributed by atoms with Gasteiger partial charge in [-0.1, -0.05) is 23.9 Å². The molecule has 2 N–H and O–H groups in total. The highest BCUT2D eigenvalue weighted by molar-refractivity contribution is 9.10. The number of nitrogen functional groups attached to an aromatic ring is 1. The second-order valence-corrected chi connectivity index (χ2v) is 5.15. The molecule has 0 spiro atoms. The third-order valence-corrected chi connectivity index (χ3v) is 4.14. The second-order valence-electron chi connectivity index (χ2n) is 3.21. The van der Waals surface area contributed by atoms with Crippen molar-refractivity contribution in [2.45, 2.75) is 9.79 Å². The summed E-state index contributed by atoms with van der Waals surface area (Å²) in [6, 6.07) is 12.1. The lowest BCUT2D eigenvalue weighted by molar-refractivity contribution is 0.624. The molecule has 0 aliphatic carbocycles. The van der Waals surface area contributed by atoms with E-state index in [1.54, 1.807) is 6.07 Å². The molecule has 0 unspecified atom stereocenters. The maximum Gasteiger partial charge on any atom is 0.124 e. The van der Waals surface area contributed by atoms with Gasteiger partial charge in [0.05, 0.1) is 0 Å². The van der Waals surface area contributed by atoms with E-state index < -0.39 is 0 Å². The van der Waals surface area contributed by atoms with Crippen LogP contribution >= 0.6 is 27.7 Å². The third kappa shape index (κ3) is 2.57. The summed E-state index contributed by atoms with van der Waals surface area (Å²) >= 11 is 4.88. The fourth-order valence-corrected chi connectivity index (χ4v) is 2.68. The standard InChI is InChI=1S/C12H9BrFNS/c13-9-3-1-2-4-11(9)16-12-7-8(14)5-6-10(12)15/h1-7H,15H2. The van der Waals surface area contributed by atoms with Crippen LogP contribution in [0.15, 0.2) is 56.7 Å². The molecule has 0 aromatic heterocycles. The summed E-state index contributed by atoms with van der Waals surface area (Å²) in [6.45, 7) is 0. The molecular weight excluding hydrogens is 289 g/mol. The molecule has 0 saturated heterocycles. The van der Waals surface area contributed by atoms with Crippen LogP contribution in [-0.4, -0.2) is 0 Å². The molecule has 4 heteroatoms. The van der Waals surface area contributed by atoms with Gasteiger partial charge in [-0.2, -0.15) is 0 Å². The smallest absolute Gasteiger partial charge is 0.124 e. The van der Waals surface area contributed by atoms with Crippen molar-refractivity contribution in [3.8, 4) is 0 Å². The maximum atomic E-state index is 13.1. The van der Waals surface area contributed by atoms with Crippen molar-refractivity contribution >= 4 is 33.4 Å². The van der Waals surface area contributed by atoms with E-state index in [1.165, 1.54) is 23.9 Å². The normalized spacial score (nSPS) is 10.4. The molecule has 0 radical (unpaired) electrons. The molecule has 82 valence electrons. The Balaban J connectivity index is 2.34. The minimum Gasteiger partial charge on any atom is -0.398 e. The van der Waals surface area contributed by atoms with Crippen LogP contribution in [0.1, 0.15) is 0 Å². The monoisotopic (exact) mass is 297 g/mol. The van der Waals surface area contributed by atoms with E-state index in [1.807, 2.05) is 24.3 Å². The molecule has 0 fully saturated rings. The summed E-state index contributed by atoms with van der Waals surface area (Å²) < 4.78 is 14.0. The van der Waals surface area contributed by atoms with Crippen LogP contribution in [0.25, 0.3) is 0 Å². The third-order valence-electron chi connectivity index (χ3n) is 2.03. The number of hydrogen-bond donors (Lipinski definition) is 1. The highest BCUT2D eigenvalue weighted by Gasteiger charge is 2.05. The van der Waals surface area contributed by atoms with Gasteiger partial charge >= 0.3 is 0 Å². The molecule has 2 rings (SSSR count). The van der Waals surface area contributed by atoms with Gasteiger partial charge in [0.2, 0.25) is 0 Å². The number of anilines is 1. The van der Waals surface area contributed by atoms with E-state index in [9.17, 15) is 4.39 Å². The number of benzene rings is 2. The molecule has 2 aromatic rings. The minimum absolute atomic E-state index is 0.274. The van der Waals surface area contributed by atoms with Crippen molar-refractivity contribution in [1.82, 2.24) is 0 Å². The lowest BCUT2D eigenvalue weighted by atomic mass is 10.3. The number of rotatable bonds is 2. The second kappa shape index (κ2) is 4.89. The quantitative estimate of drug-likeness (QED) is 0.836. The van der Waals surface area contributed by atoms with Crippen LogP contribution < -0.4 is 5.73 Å². The topological polar surface area (TPSA) is 26.0 Å². The summed E-state index contributed by atoms with van der Waals surface area (Å²) in [6.07, 6.45) is 0. The van der Waals surface area contributed by atoms with E-state index in [0.29, 0.717) is 5.69 Å². The summed E-state index contributed by atoms with van der Waals surface area (Å²) in [5, 5.41) is 0. The predicted molar refractivity (Wildman–Crippen MR) is 69.1 cm³/mol. The highest BCUT2D eigenvalue weighted by atomic mass is 79.9. The molecular formula is C12H9BrFNS. The van der Waals surface area contributed by atoms with Crippen LogP contribution in [0.4, 0.5) is 10.1 Å². The van der Waals surface area contributed by atoms with Crippen molar-refractivity contribution in [2.24, 2.45) is 0 Å². The van der Waals surface area contributed by atoms with E-state index >= 15 is 0 Å². The molecule has 0 bridgehead atoms. The van der Waals surface area contributed by atoms with E-state index in [4.69, 9.17) is 5.73 Å². The van der Waals surface area contributed by atoms with Crippen molar-refractivity contribution in [3.05, 3.63) is 52.8 Å². The molecule has 0 saturated carbocycles. The first-order valence-corrected chi connectivity index (χ1v) is 6.25. The van der Waals surface area contributed by atoms with Gasteiger partial charge < -0.3 is 5.73 Å². The van der Waals surface area contributed by atoms with Crippen LogP contribution in [0.5, 0.6) is 0 Å². The first-order valence-electron chi connectivity index (χ1n) is 4.64. The zero-order chi connectivity index (χ0) is 11.5. The summed E-state index contributed by atoms with van der Waals surface area (Å²) in [4.78, 5) is 1.74.